The number of ketones is 1. The van der Waals surface area contributed by atoms with E-state index in [1.807, 2.05) is 31.2 Å². The van der Waals surface area contributed by atoms with Crippen molar-refractivity contribution in [2.45, 2.75) is 13.3 Å². The van der Waals surface area contributed by atoms with Crippen LogP contribution in [-0.4, -0.2) is 12.9 Å². The number of carbonyl (C=O) groups excluding carboxylic acids is 1. The van der Waals surface area contributed by atoms with E-state index in [0.29, 0.717) is 5.75 Å². The fourth-order valence-corrected chi connectivity index (χ4v) is 1.88. The summed E-state index contributed by atoms with van der Waals surface area (Å²) in [4.78, 5) is 12.2. The first-order valence-corrected chi connectivity index (χ1v) is 6.02. The fraction of sp³-hybridized carbons (Fsp3) is 0.188. The van der Waals surface area contributed by atoms with Crippen molar-refractivity contribution in [3.05, 3.63) is 65.0 Å². The highest BCUT2D eigenvalue weighted by atomic mass is 19.1. The van der Waals surface area contributed by atoms with Crippen molar-refractivity contribution >= 4 is 5.78 Å². The summed E-state index contributed by atoms with van der Waals surface area (Å²) in [7, 11) is 1.47. The number of carbonyl (C=O) groups is 1. The number of Topliss-reactive ketones (excluding diaryl/α,β-unsaturated/α-hetero) is 1. The molecule has 0 radical (unpaired) electrons. The zero-order valence-electron chi connectivity index (χ0n) is 10.9. The maximum absolute atomic E-state index is 13.2. The lowest BCUT2D eigenvalue weighted by Crippen LogP contribution is -2.06. The van der Waals surface area contributed by atoms with Gasteiger partial charge in [-0.3, -0.25) is 4.79 Å². The zero-order valence-corrected chi connectivity index (χ0v) is 10.9. The number of halogens is 1. The summed E-state index contributed by atoms with van der Waals surface area (Å²) in [6, 6.07) is 11.7. The highest BCUT2D eigenvalue weighted by Gasteiger charge is 2.13. The van der Waals surface area contributed by atoms with Crippen molar-refractivity contribution < 1.29 is 13.9 Å². The summed E-state index contributed by atoms with van der Waals surface area (Å²) < 4.78 is 18.3. The van der Waals surface area contributed by atoms with Crippen LogP contribution in [0.4, 0.5) is 4.39 Å². The van der Waals surface area contributed by atoms with Gasteiger partial charge >= 0.3 is 0 Å². The van der Waals surface area contributed by atoms with Crippen LogP contribution in [0.3, 0.4) is 0 Å². The molecule has 0 heterocycles. The Bertz CT molecular complexity index is 588. The van der Waals surface area contributed by atoms with Crippen LogP contribution in [-0.2, 0) is 6.42 Å². The van der Waals surface area contributed by atoms with E-state index in [-0.39, 0.29) is 17.8 Å². The molecule has 0 aliphatic rings. The fourth-order valence-electron chi connectivity index (χ4n) is 1.88. The molecule has 2 aromatic carbocycles. The lowest BCUT2D eigenvalue weighted by molar-refractivity contribution is 0.0989. The first kappa shape index (κ1) is 13.3. The van der Waals surface area contributed by atoms with Gasteiger partial charge in [-0.25, -0.2) is 4.39 Å². The van der Waals surface area contributed by atoms with Gasteiger partial charge in [0.1, 0.15) is 11.6 Å². The average Bonchev–Trinajstić information content (AvgIpc) is 2.41. The van der Waals surface area contributed by atoms with Gasteiger partial charge in [-0.1, -0.05) is 29.8 Å². The smallest absolute Gasteiger partial charge is 0.171 e. The van der Waals surface area contributed by atoms with Crippen LogP contribution in [0.15, 0.2) is 42.5 Å². The van der Waals surface area contributed by atoms with E-state index in [0.717, 1.165) is 11.1 Å². The second kappa shape index (κ2) is 5.65. The van der Waals surface area contributed by atoms with Crippen LogP contribution in [0.25, 0.3) is 0 Å². The van der Waals surface area contributed by atoms with Gasteiger partial charge in [-0.2, -0.15) is 0 Å². The Hall–Kier alpha value is -2.16. The predicted molar refractivity (Wildman–Crippen MR) is 72.2 cm³/mol. The molecule has 0 aromatic heterocycles. The second-order valence-electron chi connectivity index (χ2n) is 4.43. The Morgan fingerprint density at radius 2 is 1.84 bits per heavy atom. The van der Waals surface area contributed by atoms with Gasteiger partial charge in [0.2, 0.25) is 0 Å². The Balaban J connectivity index is 2.24. The molecule has 0 atom stereocenters. The van der Waals surface area contributed by atoms with Crippen molar-refractivity contribution in [2.24, 2.45) is 0 Å². The van der Waals surface area contributed by atoms with Crippen LogP contribution in [0, 0.1) is 12.7 Å². The number of benzene rings is 2. The molecular weight excluding hydrogens is 243 g/mol. The third-order valence-electron chi connectivity index (χ3n) is 2.95. The highest BCUT2D eigenvalue weighted by molar-refractivity contribution is 6.00. The van der Waals surface area contributed by atoms with Crippen molar-refractivity contribution in [2.75, 3.05) is 7.11 Å². The number of rotatable bonds is 4. The molecule has 0 spiro atoms. The summed E-state index contributed by atoms with van der Waals surface area (Å²) >= 11 is 0. The average molecular weight is 258 g/mol. The molecule has 0 N–H and O–H groups in total. The quantitative estimate of drug-likeness (QED) is 0.784. The second-order valence-corrected chi connectivity index (χ2v) is 4.43. The molecule has 0 fully saturated rings. The van der Waals surface area contributed by atoms with E-state index in [9.17, 15) is 9.18 Å². The summed E-state index contributed by atoms with van der Waals surface area (Å²) in [5, 5.41) is 0. The third-order valence-corrected chi connectivity index (χ3v) is 2.95. The molecule has 19 heavy (non-hydrogen) atoms. The Kier molecular flexibility index (Phi) is 3.95. The molecular formula is C16H15FO2. The summed E-state index contributed by atoms with van der Waals surface area (Å²) in [6.45, 7) is 1.99. The standard InChI is InChI=1S/C16H15FO2/c1-11-3-5-12(6-4-11)9-15(18)14-10-13(17)7-8-16(14)19-2/h3-8,10H,9H2,1-2H3. The zero-order chi connectivity index (χ0) is 13.8. The van der Waals surface area contributed by atoms with Gasteiger partial charge in [-0.15, -0.1) is 0 Å². The van der Waals surface area contributed by atoms with E-state index in [4.69, 9.17) is 4.74 Å². The van der Waals surface area contributed by atoms with Crippen molar-refractivity contribution in [3.63, 3.8) is 0 Å². The number of aryl methyl sites for hydroxylation is 1. The maximum atomic E-state index is 13.2. The number of hydrogen-bond acceptors (Lipinski definition) is 2. The molecule has 2 rings (SSSR count). The van der Waals surface area contributed by atoms with Crippen LogP contribution in [0.2, 0.25) is 0 Å². The van der Waals surface area contributed by atoms with Crippen molar-refractivity contribution in [1.82, 2.24) is 0 Å². The van der Waals surface area contributed by atoms with E-state index < -0.39 is 5.82 Å². The Morgan fingerprint density at radius 3 is 2.47 bits per heavy atom. The van der Waals surface area contributed by atoms with E-state index >= 15 is 0 Å². The predicted octanol–water partition coefficient (Wildman–Crippen LogP) is 3.57. The minimum atomic E-state index is -0.437. The number of hydrogen-bond donors (Lipinski definition) is 0. The molecule has 0 unspecified atom stereocenters. The molecule has 0 amide bonds. The van der Waals surface area contributed by atoms with Crippen LogP contribution in [0.5, 0.6) is 5.75 Å². The van der Waals surface area contributed by atoms with Crippen molar-refractivity contribution in [1.29, 1.82) is 0 Å². The van der Waals surface area contributed by atoms with Crippen LogP contribution >= 0.6 is 0 Å². The molecule has 0 aliphatic heterocycles. The summed E-state index contributed by atoms with van der Waals surface area (Å²) in [6.07, 6.45) is 0.236. The molecule has 3 heteroatoms. The lowest BCUT2D eigenvalue weighted by Gasteiger charge is -2.08. The van der Waals surface area contributed by atoms with Gasteiger partial charge in [0, 0.05) is 6.42 Å². The van der Waals surface area contributed by atoms with Gasteiger partial charge < -0.3 is 4.74 Å². The van der Waals surface area contributed by atoms with E-state index in [1.165, 1.54) is 25.3 Å². The first-order valence-electron chi connectivity index (χ1n) is 6.02. The largest absolute Gasteiger partial charge is 0.496 e. The Labute approximate surface area is 111 Å². The van der Waals surface area contributed by atoms with Crippen LogP contribution < -0.4 is 4.74 Å². The van der Waals surface area contributed by atoms with E-state index in [2.05, 4.69) is 0 Å². The monoisotopic (exact) mass is 258 g/mol. The van der Waals surface area contributed by atoms with Gasteiger partial charge in [0.25, 0.3) is 0 Å². The van der Waals surface area contributed by atoms with E-state index in [1.54, 1.807) is 0 Å². The SMILES string of the molecule is COc1ccc(F)cc1C(=O)Cc1ccc(C)cc1. The molecule has 2 aromatic rings. The highest BCUT2D eigenvalue weighted by Crippen LogP contribution is 2.21. The van der Waals surface area contributed by atoms with Gasteiger partial charge in [0.15, 0.2) is 5.78 Å². The molecule has 98 valence electrons. The van der Waals surface area contributed by atoms with Crippen molar-refractivity contribution in [3.8, 4) is 5.75 Å². The lowest BCUT2D eigenvalue weighted by atomic mass is 10.0. The Morgan fingerprint density at radius 1 is 1.16 bits per heavy atom. The molecule has 2 nitrogen and oxygen atoms in total. The summed E-state index contributed by atoms with van der Waals surface area (Å²) in [5.41, 5.74) is 2.32. The topological polar surface area (TPSA) is 26.3 Å². The van der Waals surface area contributed by atoms with Gasteiger partial charge in [0.05, 0.1) is 12.7 Å². The minimum absolute atomic E-state index is 0.153. The third kappa shape index (κ3) is 3.19. The first-order chi connectivity index (χ1) is 9.10. The van der Waals surface area contributed by atoms with Crippen LogP contribution in [0.1, 0.15) is 21.5 Å². The van der Waals surface area contributed by atoms with Gasteiger partial charge in [-0.05, 0) is 30.7 Å². The summed E-state index contributed by atoms with van der Waals surface area (Å²) in [5.74, 6) is -0.188. The number of ether oxygens (including phenoxy) is 1. The molecule has 0 saturated heterocycles. The maximum Gasteiger partial charge on any atom is 0.171 e. The minimum Gasteiger partial charge on any atom is -0.496 e. The molecule has 0 saturated carbocycles. The number of methoxy groups -OCH3 is 1. The normalized spacial score (nSPS) is 10.3. The molecule has 0 bridgehead atoms. The molecule has 0 aliphatic carbocycles.